The normalized spacial score (nSPS) is 15.2. The van der Waals surface area contributed by atoms with Gasteiger partial charge in [-0.15, -0.1) is 0 Å². The van der Waals surface area contributed by atoms with E-state index in [9.17, 15) is 4.79 Å². The molecule has 2 aromatic carbocycles. The van der Waals surface area contributed by atoms with E-state index in [2.05, 4.69) is 28.9 Å². The summed E-state index contributed by atoms with van der Waals surface area (Å²) in [7, 11) is 0. The van der Waals surface area contributed by atoms with Crippen molar-refractivity contribution in [2.45, 2.75) is 58.0 Å². The summed E-state index contributed by atoms with van der Waals surface area (Å²) in [6.07, 6.45) is 5.97. The van der Waals surface area contributed by atoms with E-state index >= 15 is 0 Å². The molecule has 1 heterocycles. The number of carbonyl (C=O) groups is 1. The minimum atomic E-state index is -1.31. The van der Waals surface area contributed by atoms with Crippen LogP contribution in [0.15, 0.2) is 42.5 Å². The molecule has 1 fully saturated rings. The molecule has 0 unspecified atom stereocenters. The molecule has 0 spiro atoms. The maximum Gasteiger partial charge on any atom is 0.511 e. The second-order valence-electron chi connectivity index (χ2n) is 7.75. The molecule has 1 aliphatic rings. The lowest BCUT2D eigenvalue weighted by Gasteiger charge is -2.21. The lowest BCUT2D eigenvalue weighted by atomic mass is 10.1. The van der Waals surface area contributed by atoms with Crippen LogP contribution in [0.4, 0.5) is 10.7 Å². The molecular formula is C23H27N3O3. The Morgan fingerprint density at radius 1 is 1.17 bits per heavy atom. The highest BCUT2D eigenvalue weighted by atomic mass is 16.7. The van der Waals surface area contributed by atoms with Gasteiger partial charge in [0, 0.05) is 18.7 Å². The molecule has 1 aliphatic carbocycles. The first-order chi connectivity index (χ1) is 14.1. The summed E-state index contributed by atoms with van der Waals surface area (Å²) in [5.74, 6) is 1.13. The van der Waals surface area contributed by atoms with E-state index in [1.54, 1.807) is 12.1 Å². The number of carboxylic acid groups (broad SMARTS) is 1. The third-order valence-electron chi connectivity index (χ3n) is 5.75. The highest BCUT2D eigenvalue weighted by Crippen LogP contribution is 2.34. The number of anilines is 1. The van der Waals surface area contributed by atoms with Crippen molar-refractivity contribution >= 4 is 23.1 Å². The second kappa shape index (κ2) is 8.55. The lowest BCUT2D eigenvalue weighted by molar-refractivity contribution is 0.144. The van der Waals surface area contributed by atoms with E-state index < -0.39 is 6.16 Å². The van der Waals surface area contributed by atoms with Crippen LogP contribution in [0.3, 0.4) is 0 Å². The molecule has 6 heteroatoms. The number of nitrogens with one attached hydrogen (secondary N) is 1. The lowest BCUT2D eigenvalue weighted by Crippen LogP contribution is -2.13. The molecule has 2 N–H and O–H groups in total. The molecule has 152 valence electrons. The Hall–Kier alpha value is -3.02. The van der Waals surface area contributed by atoms with E-state index in [-0.39, 0.29) is 0 Å². The van der Waals surface area contributed by atoms with Gasteiger partial charge < -0.3 is 19.7 Å². The summed E-state index contributed by atoms with van der Waals surface area (Å²) in [6.45, 7) is 2.81. The van der Waals surface area contributed by atoms with Crippen molar-refractivity contribution in [3.63, 3.8) is 0 Å². The molecule has 0 saturated heterocycles. The maximum atomic E-state index is 10.9. The van der Waals surface area contributed by atoms with Crippen molar-refractivity contribution in [2.75, 3.05) is 5.32 Å². The molecule has 4 rings (SSSR count). The first kappa shape index (κ1) is 19.3. The van der Waals surface area contributed by atoms with Crippen molar-refractivity contribution in [2.24, 2.45) is 0 Å². The average Bonchev–Trinajstić information content (AvgIpc) is 2.86. The number of ether oxygens (including phenoxy) is 1. The number of aryl methyl sites for hydroxylation is 1. The highest BCUT2D eigenvalue weighted by molar-refractivity contribution is 5.81. The smallest absolute Gasteiger partial charge is 0.449 e. The van der Waals surface area contributed by atoms with Crippen LogP contribution in [0.1, 0.15) is 55.7 Å². The minimum absolute atomic E-state index is 0.293. The standard InChI is InChI=1S/C23H27N3O3/c1-16-8-6-7-9-17(16)15-24-22-25-20-14-19(29-23(27)28)12-13-21(20)26(22)18-10-4-2-3-5-11-18/h6-9,12-14,18H,2-5,10-11,15H2,1H3,(H,24,25)(H,27,28). The Bertz CT molecular complexity index is 1000. The van der Waals surface area contributed by atoms with Crippen molar-refractivity contribution < 1.29 is 14.6 Å². The summed E-state index contributed by atoms with van der Waals surface area (Å²) in [6, 6.07) is 14.1. The first-order valence-corrected chi connectivity index (χ1v) is 10.3. The molecule has 1 saturated carbocycles. The van der Waals surface area contributed by atoms with Gasteiger partial charge in [0.05, 0.1) is 11.0 Å². The molecule has 0 aliphatic heterocycles. The summed E-state index contributed by atoms with van der Waals surface area (Å²) < 4.78 is 7.14. The zero-order valence-corrected chi connectivity index (χ0v) is 16.7. The van der Waals surface area contributed by atoms with E-state index in [0.717, 1.165) is 29.8 Å². The van der Waals surface area contributed by atoms with E-state index in [1.165, 1.54) is 36.8 Å². The molecule has 1 aromatic heterocycles. The topological polar surface area (TPSA) is 76.4 Å². The Kier molecular flexibility index (Phi) is 5.69. The van der Waals surface area contributed by atoms with E-state index in [1.807, 2.05) is 18.2 Å². The van der Waals surface area contributed by atoms with Gasteiger partial charge in [0.15, 0.2) is 0 Å². The Morgan fingerprint density at radius 2 is 1.93 bits per heavy atom. The Morgan fingerprint density at radius 3 is 2.66 bits per heavy atom. The zero-order chi connectivity index (χ0) is 20.2. The molecule has 6 nitrogen and oxygen atoms in total. The van der Waals surface area contributed by atoms with Crippen LogP contribution >= 0.6 is 0 Å². The summed E-state index contributed by atoms with van der Waals surface area (Å²) in [4.78, 5) is 15.7. The molecule has 0 atom stereocenters. The van der Waals surface area contributed by atoms with Crippen LogP contribution in [-0.4, -0.2) is 20.8 Å². The van der Waals surface area contributed by atoms with Crippen molar-refractivity contribution in [1.29, 1.82) is 0 Å². The van der Waals surface area contributed by atoms with Gasteiger partial charge in [-0.05, 0) is 43.0 Å². The van der Waals surface area contributed by atoms with Crippen LogP contribution in [0.2, 0.25) is 0 Å². The fourth-order valence-electron chi connectivity index (χ4n) is 4.24. The molecule has 0 radical (unpaired) electrons. The van der Waals surface area contributed by atoms with E-state index in [0.29, 0.717) is 18.3 Å². The summed E-state index contributed by atoms with van der Waals surface area (Å²) in [5.41, 5.74) is 4.25. The number of imidazole rings is 1. The first-order valence-electron chi connectivity index (χ1n) is 10.3. The van der Waals surface area contributed by atoms with Gasteiger partial charge in [-0.2, -0.15) is 0 Å². The monoisotopic (exact) mass is 393 g/mol. The van der Waals surface area contributed by atoms with Crippen molar-refractivity contribution in [1.82, 2.24) is 9.55 Å². The van der Waals surface area contributed by atoms with Crippen LogP contribution in [-0.2, 0) is 6.54 Å². The number of hydrogen-bond acceptors (Lipinski definition) is 4. The van der Waals surface area contributed by atoms with Crippen LogP contribution in [0.25, 0.3) is 11.0 Å². The average molecular weight is 393 g/mol. The van der Waals surface area contributed by atoms with Gasteiger partial charge in [0.2, 0.25) is 5.95 Å². The van der Waals surface area contributed by atoms with Crippen molar-refractivity contribution in [3.8, 4) is 5.75 Å². The van der Waals surface area contributed by atoms with Gasteiger partial charge in [0.25, 0.3) is 0 Å². The van der Waals surface area contributed by atoms with Gasteiger partial charge in [0.1, 0.15) is 5.75 Å². The van der Waals surface area contributed by atoms with Gasteiger partial charge in [-0.1, -0.05) is 49.9 Å². The number of benzene rings is 2. The quantitative estimate of drug-likeness (QED) is 0.320. The van der Waals surface area contributed by atoms with Crippen LogP contribution < -0.4 is 10.1 Å². The molecule has 0 bridgehead atoms. The maximum absolute atomic E-state index is 10.9. The third kappa shape index (κ3) is 4.36. The second-order valence-corrected chi connectivity index (χ2v) is 7.75. The largest absolute Gasteiger partial charge is 0.511 e. The van der Waals surface area contributed by atoms with Gasteiger partial charge >= 0.3 is 6.16 Å². The number of nitrogens with zero attached hydrogens (tertiary/aromatic N) is 2. The van der Waals surface area contributed by atoms with Crippen LogP contribution in [0, 0.1) is 6.92 Å². The number of hydrogen-bond donors (Lipinski definition) is 2. The molecule has 29 heavy (non-hydrogen) atoms. The number of fused-ring (bicyclic) bond motifs is 1. The molecule has 3 aromatic rings. The SMILES string of the molecule is Cc1ccccc1CNc1nc2cc(OC(=O)O)ccc2n1C1CCCCCC1. The molecule has 0 amide bonds. The number of rotatable bonds is 5. The van der Waals surface area contributed by atoms with Gasteiger partial charge in [-0.3, -0.25) is 0 Å². The predicted molar refractivity (Wildman–Crippen MR) is 114 cm³/mol. The fourth-order valence-corrected chi connectivity index (χ4v) is 4.24. The van der Waals surface area contributed by atoms with Gasteiger partial charge in [-0.25, -0.2) is 9.78 Å². The third-order valence-corrected chi connectivity index (χ3v) is 5.75. The predicted octanol–water partition coefficient (Wildman–Crippen LogP) is 5.91. The summed E-state index contributed by atoms with van der Waals surface area (Å²) in [5, 5.41) is 12.4. The number of aromatic nitrogens is 2. The minimum Gasteiger partial charge on any atom is -0.449 e. The highest BCUT2D eigenvalue weighted by Gasteiger charge is 2.21. The zero-order valence-electron chi connectivity index (χ0n) is 16.7. The van der Waals surface area contributed by atoms with E-state index in [4.69, 9.17) is 14.8 Å². The molecular weight excluding hydrogens is 366 g/mol. The Labute approximate surface area is 170 Å². The van der Waals surface area contributed by atoms with Crippen molar-refractivity contribution in [3.05, 3.63) is 53.6 Å². The summed E-state index contributed by atoms with van der Waals surface area (Å²) >= 11 is 0. The van der Waals surface area contributed by atoms with Crippen LogP contribution in [0.5, 0.6) is 5.75 Å². The fraction of sp³-hybridized carbons (Fsp3) is 0.391. The Balaban J connectivity index is 1.70.